The van der Waals surface area contributed by atoms with E-state index in [9.17, 15) is 21.6 Å². The Morgan fingerprint density at radius 3 is 2.17 bits per heavy atom. The Morgan fingerprint density at radius 1 is 1.21 bits per heavy atom. The predicted molar refractivity (Wildman–Crippen MR) is 83.1 cm³/mol. The highest BCUT2D eigenvalue weighted by molar-refractivity contribution is 7.89. The number of rotatable bonds is 4. The highest BCUT2D eigenvalue weighted by Gasteiger charge is 2.55. The van der Waals surface area contributed by atoms with Crippen molar-refractivity contribution in [3.63, 3.8) is 0 Å². The van der Waals surface area contributed by atoms with Gasteiger partial charge in [-0.2, -0.15) is 23.0 Å². The first-order valence-electron chi connectivity index (χ1n) is 6.75. The molecule has 10 heteroatoms. The molecule has 2 aromatic rings. The van der Waals surface area contributed by atoms with Crippen molar-refractivity contribution in [2.75, 3.05) is 0 Å². The molecule has 1 N–H and O–H groups in total. The van der Waals surface area contributed by atoms with Gasteiger partial charge in [0.25, 0.3) is 0 Å². The van der Waals surface area contributed by atoms with E-state index in [0.717, 1.165) is 11.6 Å². The molecule has 0 bridgehead atoms. The zero-order chi connectivity index (χ0) is 18.3. The van der Waals surface area contributed by atoms with E-state index in [1.807, 2.05) is 0 Å². The summed E-state index contributed by atoms with van der Waals surface area (Å²) in [5.74, 6) is 0. The summed E-state index contributed by atoms with van der Waals surface area (Å²) in [6.45, 7) is 2.12. The summed E-state index contributed by atoms with van der Waals surface area (Å²) in [4.78, 5) is -0.474. The Hall–Kier alpha value is -1.58. The molecule has 0 radical (unpaired) electrons. The van der Waals surface area contributed by atoms with Crippen LogP contribution in [-0.4, -0.2) is 24.4 Å². The normalized spacial score (nSPS) is 15.3. The Bertz CT molecular complexity index is 850. The van der Waals surface area contributed by atoms with Gasteiger partial charge in [-0.25, -0.2) is 8.42 Å². The van der Waals surface area contributed by atoms with E-state index in [-0.39, 0.29) is 16.4 Å². The predicted octanol–water partition coefficient (Wildman–Crippen LogP) is 3.14. The maximum absolute atomic E-state index is 13.7. The summed E-state index contributed by atoms with van der Waals surface area (Å²) in [7, 11) is -3.18. The molecule has 0 saturated heterocycles. The van der Waals surface area contributed by atoms with E-state index in [2.05, 4.69) is 5.10 Å². The average molecular weight is 382 g/mol. The minimum absolute atomic E-state index is 0.00702. The molecule has 0 aliphatic rings. The summed E-state index contributed by atoms with van der Waals surface area (Å²) in [5, 5.41) is 3.56. The van der Waals surface area contributed by atoms with Crippen molar-refractivity contribution in [1.82, 2.24) is 14.5 Å². The van der Waals surface area contributed by atoms with Gasteiger partial charge in [-0.05, 0) is 19.4 Å². The topological polar surface area (TPSA) is 64.0 Å². The molecular weight excluding hydrogens is 367 g/mol. The highest BCUT2D eigenvalue weighted by atomic mass is 35.5. The minimum atomic E-state index is -4.87. The molecule has 132 valence electrons. The third kappa shape index (κ3) is 3.15. The van der Waals surface area contributed by atoms with Crippen LogP contribution in [0.2, 0.25) is 5.15 Å². The Balaban J connectivity index is 2.59. The van der Waals surface area contributed by atoms with Crippen molar-refractivity contribution in [2.45, 2.75) is 30.5 Å². The van der Waals surface area contributed by atoms with Crippen LogP contribution in [-0.2, 0) is 22.6 Å². The lowest BCUT2D eigenvalue weighted by atomic mass is 9.93. The van der Waals surface area contributed by atoms with Crippen LogP contribution in [0.15, 0.2) is 35.2 Å². The molecule has 1 aromatic heterocycles. The molecule has 0 saturated carbocycles. The lowest BCUT2D eigenvalue weighted by Gasteiger charge is -2.33. The number of alkyl halides is 3. The maximum Gasteiger partial charge on any atom is 0.411 e. The molecule has 0 amide bonds. The van der Waals surface area contributed by atoms with Crippen molar-refractivity contribution < 1.29 is 21.6 Å². The van der Waals surface area contributed by atoms with Crippen molar-refractivity contribution in [3.8, 4) is 0 Å². The van der Waals surface area contributed by atoms with Crippen LogP contribution in [0.4, 0.5) is 13.2 Å². The fourth-order valence-electron chi connectivity index (χ4n) is 2.29. The van der Waals surface area contributed by atoms with E-state index in [1.54, 1.807) is 4.72 Å². The number of sulfonamides is 1. The SMILES string of the molecule is Cc1nn(C)c(Cl)c1S(=O)(=O)NC(C)(c1ccccc1)C(F)(F)F. The Morgan fingerprint density at radius 2 is 1.75 bits per heavy atom. The van der Waals surface area contributed by atoms with Gasteiger partial charge in [-0.1, -0.05) is 41.9 Å². The van der Waals surface area contributed by atoms with Gasteiger partial charge in [0, 0.05) is 7.05 Å². The molecule has 0 fully saturated rings. The standard InChI is InChI=1S/C14H15ClF3N3O2S/c1-9-11(12(15)21(3)19-9)24(22,23)20-13(2,14(16,17)18)10-7-5-4-6-8-10/h4-8,20H,1-3H3. The average Bonchev–Trinajstić information content (AvgIpc) is 2.71. The summed E-state index contributed by atoms with van der Waals surface area (Å²) < 4.78 is 69.0. The molecule has 5 nitrogen and oxygen atoms in total. The largest absolute Gasteiger partial charge is 0.411 e. The van der Waals surface area contributed by atoms with Crippen LogP contribution in [0, 0.1) is 6.92 Å². The van der Waals surface area contributed by atoms with Gasteiger partial charge < -0.3 is 0 Å². The molecule has 1 aromatic carbocycles. The Kier molecular flexibility index (Phi) is 4.73. The molecule has 0 aliphatic carbocycles. The summed E-state index contributed by atoms with van der Waals surface area (Å²) in [5.41, 5.74) is -3.05. The number of aromatic nitrogens is 2. The first kappa shape index (κ1) is 18.8. The van der Waals surface area contributed by atoms with Gasteiger partial charge in [0.1, 0.15) is 10.0 Å². The van der Waals surface area contributed by atoms with E-state index < -0.39 is 26.6 Å². The van der Waals surface area contributed by atoms with Gasteiger partial charge in [-0.15, -0.1) is 0 Å². The Labute approximate surface area is 142 Å². The second-order valence-electron chi connectivity index (χ2n) is 5.42. The van der Waals surface area contributed by atoms with Crippen molar-refractivity contribution >= 4 is 21.6 Å². The van der Waals surface area contributed by atoms with Gasteiger partial charge in [0.05, 0.1) is 5.69 Å². The van der Waals surface area contributed by atoms with Gasteiger partial charge in [-0.3, -0.25) is 4.68 Å². The van der Waals surface area contributed by atoms with E-state index in [4.69, 9.17) is 11.6 Å². The van der Waals surface area contributed by atoms with Crippen LogP contribution in [0.5, 0.6) is 0 Å². The lowest BCUT2D eigenvalue weighted by Crippen LogP contribution is -2.53. The monoisotopic (exact) mass is 381 g/mol. The van der Waals surface area contributed by atoms with Crippen LogP contribution in [0.1, 0.15) is 18.2 Å². The molecular formula is C14H15ClF3N3O2S. The quantitative estimate of drug-likeness (QED) is 0.885. The number of nitrogens with zero attached hydrogens (tertiary/aromatic N) is 2. The minimum Gasteiger partial charge on any atom is -0.255 e. The number of benzene rings is 1. The van der Waals surface area contributed by atoms with Gasteiger partial charge >= 0.3 is 6.18 Å². The van der Waals surface area contributed by atoms with E-state index in [0.29, 0.717) is 0 Å². The number of aryl methyl sites for hydroxylation is 2. The molecule has 1 heterocycles. The number of nitrogens with one attached hydrogen (secondary N) is 1. The lowest BCUT2D eigenvalue weighted by molar-refractivity contribution is -0.189. The highest BCUT2D eigenvalue weighted by Crippen LogP contribution is 2.40. The second kappa shape index (κ2) is 6.05. The fourth-order valence-corrected chi connectivity index (χ4v) is 4.42. The van der Waals surface area contributed by atoms with Crippen LogP contribution in [0.25, 0.3) is 0 Å². The maximum atomic E-state index is 13.7. The third-order valence-corrected chi connectivity index (χ3v) is 5.87. The summed E-state index contributed by atoms with van der Waals surface area (Å²) in [6.07, 6.45) is -4.87. The zero-order valence-corrected chi connectivity index (χ0v) is 14.6. The second-order valence-corrected chi connectivity index (χ2v) is 7.40. The zero-order valence-electron chi connectivity index (χ0n) is 13.0. The first-order chi connectivity index (χ1) is 10.9. The molecule has 24 heavy (non-hydrogen) atoms. The first-order valence-corrected chi connectivity index (χ1v) is 8.61. The molecule has 2 rings (SSSR count). The number of hydrogen-bond donors (Lipinski definition) is 1. The number of halogens is 4. The smallest absolute Gasteiger partial charge is 0.255 e. The summed E-state index contributed by atoms with van der Waals surface area (Å²) >= 11 is 5.89. The van der Waals surface area contributed by atoms with Gasteiger partial charge in [0.2, 0.25) is 10.0 Å². The molecule has 0 spiro atoms. The number of hydrogen-bond acceptors (Lipinski definition) is 3. The van der Waals surface area contributed by atoms with Crippen molar-refractivity contribution in [1.29, 1.82) is 0 Å². The molecule has 1 atom stereocenters. The fraction of sp³-hybridized carbons (Fsp3) is 0.357. The van der Waals surface area contributed by atoms with Gasteiger partial charge in [0.15, 0.2) is 5.54 Å². The van der Waals surface area contributed by atoms with Crippen molar-refractivity contribution in [3.05, 3.63) is 46.7 Å². The van der Waals surface area contributed by atoms with Crippen LogP contribution in [0.3, 0.4) is 0 Å². The van der Waals surface area contributed by atoms with Crippen LogP contribution >= 0.6 is 11.6 Å². The molecule has 0 aliphatic heterocycles. The van der Waals surface area contributed by atoms with E-state index in [1.165, 1.54) is 44.3 Å². The summed E-state index contributed by atoms with van der Waals surface area (Å²) in [6, 6.07) is 6.74. The van der Waals surface area contributed by atoms with E-state index >= 15 is 0 Å². The van der Waals surface area contributed by atoms with Crippen LogP contribution < -0.4 is 4.72 Å². The molecule has 1 unspecified atom stereocenters. The van der Waals surface area contributed by atoms with Crippen molar-refractivity contribution in [2.24, 2.45) is 7.05 Å². The third-order valence-electron chi connectivity index (χ3n) is 3.63.